The van der Waals surface area contributed by atoms with Crippen LogP contribution in [0.25, 0.3) is 0 Å². The lowest BCUT2D eigenvalue weighted by Crippen LogP contribution is -2.29. The number of carbonyl (C=O) groups is 2. The van der Waals surface area contributed by atoms with Crippen LogP contribution in [0, 0.1) is 0 Å². The summed E-state index contributed by atoms with van der Waals surface area (Å²) in [5, 5.41) is 0. The maximum absolute atomic E-state index is 12.3. The summed E-state index contributed by atoms with van der Waals surface area (Å²) in [7, 11) is -4.73. The minimum atomic E-state index is -4.73. The Hall–Kier alpha value is -0.950. The Labute approximate surface area is 264 Å². The summed E-state index contributed by atoms with van der Waals surface area (Å²) in [6.45, 7) is 3.65. The molecule has 0 rings (SSSR count). The van der Waals surface area contributed by atoms with Crippen LogP contribution in [0.15, 0.2) is 0 Å². The van der Waals surface area contributed by atoms with Crippen LogP contribution < -0.4 is 0 Å². The van der Waals surface area contributed by atoms with Crippen LogP contribution in [0.1, 0.15) is 187 Å². The summed E-state index contributed by atoms with van der Waals surface area (Å²) in [5.74, 6) is -0.879. The second kappa shape index (κ2) is 31.0. The van der Waals surface area contributed by atoms with Crippen molar-refractivity contribution < 1.29 is 37.9 Å². The quantitative estimate of drug-likeness (QED) is 0.0416. The van der Waals surface area contributed by atoms with Gasteiger partial charge in [-0.1, -0.05) is 162 Å². The van der Waals surface area contributed by atoms with Crippen LogP contribution in [0.3, 0.4) is 0 Å². The Morgan fingerprint density at radius 2 is 0.837 bits per heavy atom. The Morgan fingerprint density at radius 3 is 1.19 bits per heavy atom. The molecular weight excluding hydrogens is 567 g/mol. The Morgan fingerprint density at radius 1 is 0.512 bits per heavy atom. The van der Waals surface area contributed by atoms with Crippen LogP contribution in [-0.4, -0.2) is 41.0 Å². The van der Waals surface area contributed by atoms with E-state index in [1.807, 2.05) is 0 Å². The zero-order valence-corrected chi connectivity index (χ0v) is 28.8. The van der Waals surface area contributed by atoms with Gasteiger partial charge in [-0.25, -0.2) is 4.57 Å². The lowest BCUT2D eigenvalue weighted by atomic mass is 10.0. The number of hydrogen-bond acceptors (Lipinski definition) is 6. The van der Waals surface area contributed by atoms with Crippen molar-refractivity contribution in [1.82, 2.24) is 0 Å². The molecule has 0 aliphatic heterocycles. The van der Waals surface area contributed by atoms with E-state index in [0.717, 1.165) is 32.1 Å². The van der Waals surface area contributed by atoms with E-state index in [1.54, 1.807) is 0 Å². The van der Waals surface area contributed by atoms with Gasteiger partial charge < -0.3 is 19.3 Å². The fourth-order valence-electron chi connectivity index (χ4n) is 5.20. The highest BCUT2D eigenvalue weighted by molar-refractivity contribution is 7.46. The van der Waals surface area contributed by atoms with E-state index in [2.05, 4.69) is 18.4 Å². The van der Waals surface area contributed by atoms with Crippen molar-refractivity contribution in [3.63, 3.8) is 0 Å². The molecule has 43 heavy (non-hydrogen) atoms. The van der Waals surface area contributed by atoms with Gasteiger partial charge in [-0.2, -0.15) is 0 Å². The fourth-order valence-corrected chi connectivity index (χ4v) is 5.56. The van der Waals surface area contributed by atoms with E-state index in [4.69, 9.17) is 19.3 Å². The second-order valence-corrected chi connectivity index (χ2v) is 13.5. The second-order valence-electron chi connectivity index (χ2n) is 12.2. The minimum absolute atomic E-state index is 0.219. The first-order valence-corrected chi connectivity index (χ1v) is 19.4. The van der Waals surface area contributed by atoms with Crippen LogP contribution >= 0.6 is 7.82 Å². The first-order valence-electron chi connectivity index (χ1n) is 17.8. The molecule has 0 aliphatic rings. The molecule has 0 fully saturated rings. The third kappa shape index (κ3) is 33.8. The van der Waals surface area contributed by atoms with Crippen LogP contribution in [-0.2, 0) is 28.2 Å². The maximum atomic E-state index is 12.3. The van der Waals surface area contributed by atoms with Gasteiger partial charge in [0.15, 0.2) is 6.10 Å². The molecule has 0 bridgehead atoms. The molecule has 1 unspecified atom stereocenters. The van der Waals surface area contributed by atoms with Gasteiger partial charge in [0.05, 0.1) is 6.61 Å². The zero-order chi connectivity index (χ0) is 31.9. The zero-order valence-electron chi connectivity index (χ0n) is 27.9. The van der Waals surface area contributed by atoms with Crippen LogP contribution in [0.2, 0.25) is 0 Å². The lowest BCUT2D eigenvalue weighted by molar-refractivity contribution is -0.161. The number of ether oxygens (including phenoxy) is 2. The molecule has 0 aliphatic carbocycles. The minimum Gasteiger partial charge on any atom is -0.462 e. The summed E-state index contributed by atoms with van der Waals surface area (Å²) >= 11 is 0. The van der Waals surface area contributed by atoms with E-state index in [-0.39, 0.29) is 19.4 Å². The molecule has 0 aromatic heterocycles. The highest BCUT2D eigenvalue weighted by Crippen LogP contribution is 2.36. The van der Waals surface area contributed by atoms with Gasteiger partial charge in [0.25, 0.3) is 0 Å². The molecule has 0 spiro atoms. The molecule has 2 N–H and O–H groups in total. The largest absolute Gasteiger partial charge is 0.469 e. The molecular formula is C34H67O8P. The van der Waals surface area contributed by atoms with E-state index in [0.29, 0.717) is 6.42 Å². The smallest absolute Gasteiger partial charge is 0.462 e. The van der Waals surface area contributed by atoms with Gasteiger partial charge in [-0.3, -0.25) is 14.1 Å². The van der Waals surface area contributed by atoms with Gasteiger partial charge >= 0.3 is 19.8 Å². The average molecular weight is 635 g/mol. The lowest BCUT2D eigenvalue weighted by Gasteiger charge is -2.18. The molecule has 256 valence electrons. The predicted molar refractivity (Wildman–Crippen MR) is 175 cm³/mol. The summed E-state index contributed by atoms with van der Waals surface area (Å²) in [6, 6.07) is 0. The number of hydrogen-bond donors (Lipinski definition) is 2. The van der Waals surface area contributed by atoms with Gasteiger partial charge in [-0.05, 0) is 12.8 Å². The van der Waals surface area contributed by atoms with Gasteiger partial charge in [0.2, 0.25) is 0 Å². The number of rotatable bonds is 33. The molecule has 0 radical (unpaired) electrons. The molecule has 0 aromatic carbocycles. The van der Waals surface area contributed by atoms with Crippen molar-refractivity contribution in [3.05, 3.63) is 0 Å². The molecule has 0 amide bonds. The van der Waals surface area contributed by atoms with Crippen molar-refractivity contribution in [2.24, 2.45) is 0 Å². The van der Waals surface area contributed by atoms with Crippen molar-refractivity contribution in [1.29, 1.82) is 0 Å². The Balaban J connectivity index is 3.89. The number of phosphoric ester groups is 1. The van der Waals surface area contributed by atoms with E-state index in [1.165, 1.54) is 122 Å². The van der Waals surface area contributed by atoms with Crippen molar-refractivity contribution in [2.45, 2.75) is 193 Å². The molecule has 0 aromatic rings. The topological polar surface area (TPSA) is 119 Å². The SMILES string of the molecule is CCCCCCCCCCCCCCCCCCCC(=O)OC(COC(=O)CCCCCCCCCC)COP(=O)(O)O. The summed E-state index contributed by atoms with van der Waals surface area (Å²) in [6.07, 6.45) is 29.8. The first kappa shape index (κ1) is 42.0. The summed E-state index contributed by atoms with van der Waals surface area (Å²) in [5.41, 5.74) is 0. The highest BCUT2D eigenvalue weighted by atomic mass is 31.2. The maximum Gasteiger partial charge on any atom is 0.469 e. The van der Waals surface area contributed by atoms with Gasteiger partial charge in [-0.15, -0.1) is 0 Å². The monoisotopic (exact) mass is 634 g/mol. The van der Waals surface area contributed by atoms with E-state index in [9.17, 15) is 14.2 Å². The molecule has 0 saturated heterocycles. The number of unbranched alkanes of at least 4 members (excludes halogenated alkanes) is 23. The Kier molecular flexibility index (Phi) is 30.4. The fraction of sp³-hybridized carbons (Fsp3) is 0.941. The normalized spacial score (nSPS) is 12.4. The molecule has 0 saturated carbocycles. The van der Waals surface area contributed by atoms with Crippen molar-refractivity contribution in [3.8, 4) is 0 Å². The highest BCUT2D eigenvalue weighted by Gasteiger charge is 2.22. The van der Waals surface area contributed by atoms with Gasteiger partial charge in [0.1, 0.15) is 6.61 Å². The summed E-state index contributed by atoms with van der Waals surface area (Å²) in [4.78, 5) is 42.4. The molecule has 0 heterocycles. The molecule has 9 heteroatoms. The average Bonchev–Trinajstić information content (AvgIpc) is 2.97. The third-order valence-corrected chi connectivity index (χ3v) is 8.36. The van der Waals surface area contributed by atoms with Gasteiger partial charge in [0, 0.05) is 12.8 Å². The summed E-state index contributed by atoms with van der Waals surface area (Å²) < 4.78 is 26.2. The predicted octanol–water partition coefficient (Wildman–Crippen LogP) is 10.1. The number of phosphoric acid groups is 1. The van der Waals surface area contributed by atoms with Crippen molar-refractivity contribution in [2.75, 3.05) is 13.2 Å². The number of carbonyl (C=O) groups excluding carboxylic acids is 2. The van der Waals surface area contributed by atoms with Crippen LogP contribution in [0.5, 0.6) is 0 Å². The standard InChI is InChI=1S/C34H67O8P/c1-3-5-7-9-11-13-14-15-16-17-18-19-20-21-23-25-27-29-34(36)42-32(31-41-43(37,38)39)30-40-33(35)28-26-24-22-12-10-8-6-4-2/h32H,3-31H2,1-2H3,(H2,37,38,39). The first-order chi connectivity index (χ1) is 20.8. The molecule has 1 atom stereocenters. The van der Waals surface area contributed by atoms with Crippen LogP contribution in [0.4, 0.5) is 0 Å². The molecule has 8 nitrogen and oxygen atoms in total. The van der Waals surface area contributed by atoms with E-state index >= 15 is 0 Å². The number of esters is 2. The van der Waals surface area contributed by atoms with Crippen molar-refractivity contribution >= 4 is 19.8 Å². The van der Waals surface area contributed by atoms with E-state index < -0.39 is 32.5 Å². The Bertz CT molecular complexity index is 681. The third-order valence-electron chi connectivity index (χ3n) is 7.88.